The second-order valence-electron chi connectivity index (χ2n) is 3.67. The molecule has 17 heavy (non-hydrogen) atoms. The van der Waals surface area contributed by atoms with Crippen molar-refractivity contribution in [1.29, 1.82) is 0 Å². The molecule has 6 heteroatoms. The van der Waals surface area contributed by atoms with Crippen LogP contribution in [-0.4, -0.2) is 26.1 Å². The lowest BCUT2D eigenvalue weighted by atomic mass is 10.2. The van der Waals surface area contributed by atoms with Crippen molar-refractivity contribution < 1.29 is 9.90 Å². The lowest BCUT2D eigenvalue weighted by molar-refractivity contribution is 0.0686. The van der Waals surface area contributed by atoms with Crippen LogP contribution in [0.15, 0.2) is 18.2 Å². The Balaban J connectivity index is 2.60. The molecule has 0 aliphatic carbocycles. The van der Waals surface area contributed by atoms with Gasteiger partial charge in [0.1, 0.15) is 0 Å². The van der Waals surface area contributed by atoms with E-state index in [1.54, 1.807) is 25.1 Å². The normalized spacial score (nSPS) is 10.5. The van der Waals surface area contributed by atoms with Crippen LogP contribution in [0, 0.1) is 13.8 Å². The molecule has 88 valence electrons. The van der Waals surface area contributed by atoms with Gasteiger partial charge in [0.25, 0.3) is 0 Å². The molecule has 1 aromatic heterocycles. The predicted octanol–water partition coefficient (Wildman–Crippen LogP) is 2.24. The van der Waals surface area contributed by atoms with Crippen LogP contribution < -0.4 is 0 Å². The lowest BCUT2D eigenvalue weighted by Gasteiger charge is -2.05. The number of hydrogen-bond acceptors (Lipinski definition) is 3. The van der Waals surface area contributed by atoms with Crippen LogP contribution in [0.25, 0.3) is 5.69 Å². The molecule has 1 aromatic carbocycles. The van der Waals surface area contributed by atoms with Gasteiger partial charge in [-0.1, -0.05) is 22.9 Å². The molecule has 0 radical (unpaired) electrons. The Labute approximate surface area is 103 Å². The largest absolute Gasteiger partial charge is 0.476 e. The smallest absolute Gasteiger partial charge is 0.356 e. The minimum Gasteiger partial charge on any atom is -0.476 e. The Morgan fingerprint density at radius 3 is 2.71 bits per heavy atom. The van der Waals surface area contributed by atoms with Gasteiger partial charge in [0.2, 0.25) is 0 Å². The van der Waals surface area contributed by atoms with Gasteiger partial charge in [0, 0.05) is 5.02 Å². The molecule has 0 spiro atoms. The molecule has 0 saturated carbocycles. The van der Waals surface area contributed by atoms with Crippen molar-refractivity contribution in [2.75, 3.05) is 0 Å². The number of nitrogens with zero attached hydrogens (tertiary/aromatic N) is 3. The molecule has 1 heterocycles. The number of benzene rings is 1. The third-order valence-electron chi connectivity index (χ3n) is 2.44. The molecule has 0 aliphatic heterocycles. The average Bonchev–Trinajstić information content (AvgIpc) is 2.64. The number of aryl methyl sites for hydroxylation is 2. The van der Waals surface area contributed by atoms with Gasteiger partial charge in [-0.05, 0) is 31.5 Å². The number of rotatable bonds is 2. The first kappa shape index (κ1) is 11.6. The van der Waals surface area contributed by atoms with Crippen molar-refractivity contribution in [2.45, 2.75) is 13.8 Å². The molecule has 0 saturated heterocycles. The van der Waals surface area contributed by atoms with Crippen LogP contribution in [-0.2, 0) is 0 Å². The topological polar surface area (TPSA) is 68.0 Å². The van der Waals surface area contributed by atoms with Crippen LogP contribution in [0.1, 0.15) is 21.7 Å². The lowest BCUT2D eigenvalue weighted by Crippen LogP contribution is -2.09. The minimum absolute atomic E-state index is 0.0462. The summed E-state index contributed by atoms with van der Waals surface area (Å²) in [6.07, 6.45) is 0. The van der Waals surface area contributed by atoms with E-state index in [0.717, 1.165) is 5.56 Å². The fourth-order valence-electron chi connectivity index (χ4n) is 1.50. The molecule has 2 rings (SSSR count). The van der Waals surface area contributed by atoms with Crippen molar-refractivity contribution in [3.8, 4) is 5.69 Å². The van der Waals surface area contributed by atoms with E-state index in [-0.39, 0.29) is 5.69 Å². The summed E-state index contributed by atoms with van der Waals surface area (Å²) >= 11 is 5.99. The van der Waals surface area contributed by atoms with E-state index < -0.39 is 5.97 Å². The number of aromatic nitrogens is 3. The van der Waals surface area contributed by atoms with Gasteiger partial charge in [0.15, 0.2) is 5.69 Å². The van der Waals surface area contributed by atoms with Crippen molar-refractivity contribution in [2.24, 2.45) is 0 Å². The fraction of sp³-hybridized carbons (Fsp3) is 0.182. The number of aromatic carboxylic acids is 1. The SMILES string of the molecule is Cc1ccc(-n2nnc(C)c2C(=O)O)cc1Cl. The first-order chi connectivity index (χ1) is 8.00. The van der Waals surface area contributed by atoms with Gasteiger partial charge in [-0.2, -0.15) is 0 Å². The van der Waals surface area contributed by atoms with E-state index in [1.807, 2.05) is 6.92 Å². The first-order valence-electron chi connectivity index (χ1n) is 4.93. The quantitative estimate of drug-likeness (QED) is 0.889. The van der Waals surface area contributed by atoms with Crippen molar-refractivity contribution in [1.82, 2.24) is 15.0 Å². The zero-order valence-corrected chi connectivity index (χ0v) is 10.1. The third kappa shape index (κ3) is 2.01. The summed E-state index contributed by atoms with van der Waals surface area (Å²) in [5.41, 5.74) is 1.92. The highest BCUT2D eigenvalue weighted by atomic mass is 35.5. The van der Waals surface area contributed by atoms with Crippen LogP contribution in [0.5, 0.6) is 0 Å². The van der Waals surface area contributed by atoms with Crippen molar-refractivity contribution in [3.05, 3.63) is 40.2 Å². The Hall–Kier alpha value is -1.88. The van der Waals surface area contributed by atoms with E-state index in [4.69, 9.17) is 16.7 Å². The molecular formula is C11H10ClN3O2. The Kier molecular flexibility index (Phi) is 2.85. The van der Waals surface area contributed by atoms with Gasteiger partial charge in [-0.15, -0.1) is 5.10 Å². The monoisotopic (exact) mass is 251 g/mol. The Bertz CT molecular complexity index is 592. The molecule has 0 amide bonds. The number of carbonyl (C=O) groups is 1. The first-order valence-corrected chi connectivity index (χ1v) is 5.30. The summed E-state index contributed by atoms with van der Waals surface area (Å²) in [5, 5.41) is 17.2. The van der Waals surface area contributed by atoms with E-state index in [9.17, 15) is 4.79 Å². The van der Waals surface area contributed by atoms with Gasteiger partial charge in [0.05, 0.1) is 11.4 Å². The maximum Gasteiger partial charge on any atom is 0.356 e. The molecule has 2 aromatic rings. The van der Waals surface area contributed by atoms with Crippen LogP contribution in [0.2, 0.25) is 5.02 Å². The zero-order chi connectivity index (χ0) is 12.6. The number of carboxylic acids is 1. The highest BCUT2D eigenvalue weighted by molar-refractivity contribution is 6.31. The van der Waals surface area contributed by atoms with Gasteiger partial charge >= 0.3 is 5.97 Å². The highest BCUT2D eigenvalue weighted by Crippen LogP contribution is 2.20. The summed E-state index contributed by atoms with van der Waals surface area (Å²) in [5.74, 6) is -1.07. The van der Waals surface area contributed by atoms with Gasteiger partial charge in [-0.3, -0.25) is 0 Å². The highest BCUT2D eigenvalue weighted by Gasteiger charge is 2.17. The molecule has 0 bridgehead atoms. The summed E-state index contributed by atoms with van der Waals surface area (Å²) in [6.45, 7) is 3.47. The van der Waals surface area contributed by atoms with Crippen LogP contribution in [0.4, 0.5) is 0 Å². The second-order valence-corrected chi connectivity index (χ2v) is 4.08. The minimum atomic E-state index is -1.07. The van der Waals surface area contributed by atoms with E-state index in [1.165, 1.54) is 4.68 Å². The van der Waals surface area contributed by atoms with E-state index >= 15 is 0 Å². The Morgan fingerprint density at radius 1 is 1.41 bits per heavy atom. The summed E-state index contributed by atoms with van der Waals surface area (Å²) < 4.78 is 1.27. The summed E-state index contributed by atoms with van der Waals surface area (Å²) in [6, 6.07) is 5.22. The second kappa shape index (κ2) is 4.18. The molecule has 1 N–H and O–H groups in total. The zero-order valence-electron chi connectivity index (χ0n) is 9.31. The van der Waals surface area contributed by atoms with Crippen molar-refractivity contribution in [3.63, 3.8) is 0 Å². The number of halogens is 1. The summed E-state index contributed by atoms with van der Waals surface area (Å²) in [7, 11) is 0. The molecular weight excluding hydrogens is 242 g/mol. The molecule has 5 nitrogen and oxygen atoms in total. The molecule has 0 aliphatic rings. The average molecular weight is 252 g/mol. The standard InChI is InChI=1S/C11H10ClN3O2/c1-6-3-4-8(5-9(6)12)15-10(11(16)17)7(2)13-14-15/h3-5H,1-2H3,(H,16,17). The van der Waals surface area contributed by atoms with Gasteiger partial charge in [-0.25, -0.2) is 9.48 Å². The predicted molar refractivity (Wildman–Crippen MR) is 62.8 cm³/mol. The maximum atomic E-state index is 11.1. The summed E-state index contributed by atoms with van der Waals surface area (Å²) in [4.78, 5) is 11.1. The number of hydrogen-bond donors (Lipinski definition) is 1. The molecule has 0 fully saturated rings. The molecule has 0 atom stereocenters. The van der Waals surface area contributed by atoms with Gasteiger partial charge < -0.3 is 5.11 Å². The number of carboxylic acid groups (broad SMARTS) is 1. The van der Waals surface area contributed by atoms with Crippen LogP contribution in [0.3, 0.4) is 0 Å². The maximum absolute atomic E-state index is 11.1. The van der Waals surface area contributed by atoms with E-state index in [2.05, 4.69) is 10.3 Å². The van der Waals surface area contributed by atoms with Crippen molar-refractivity contribution >= 4 is 17.6 Å². The Morgan fingerprint density at radius 2 is 2.12 bits per heavy atom. The molecule has 0 unspecified atom stereocenters. The van der Waals surface area contributed by atoms with Crippen LogP contribution >= 0.6 is 11.6 Å². The third-order valence-corrected chi connectivity index (χ3v) is 2.85. The van der Waals surface area contributed by atoms with E-state index in [0.29, 0.717) is 16.4 Å². The fourth-order valence-corrected chi connectivity index (χ4v) is 1.67.